The van der Waals surface area contributed by atoms with Gasteiger partial charge in [-0.3, -0.25) is 23.7 Å². The molecule has 3 heterocycles. The van der Waals surface area contributed by atoms with E-state index >= 15 is 0 Å². The highest BCUT2D eigenvalue weighted by Gasteiger charge is 2.52. The van der Waals surface area contributed by atoms with E-state index in [1.165, 1.54) is 29.6 Å². The summed E-state index contributed by atoms with van der Waals surface area (Å²) in [5, 5.41) is 13.3. The van der Waals surface area contributed by atoms with E-state index in [9.17, 15) is 28.7 Å². The summed E-state index contributed by atoms with van der Waals surface area (Å²) in [6.45, 7) is 0.648. The summed E-state index contributed by atoms with van der Waals surface area (Å²) in [5.74, 6) is -3.48. The molecule has 0 saturated heterocycles. The molecule has 5 rings (SSSR count). The van der Waals surface area contributed by atoms with Crippen LogP contribution in [0.15, 0.2) is 16.9 Å². The summed E-state index contributed by atoms with van der Waals surface area (Å²) in [5.41, 5.74) is -2.02. The van der Waals surface area contributed by atoms with Crippen molar-refractivity contribution in [3.05, 3.63) is 50.4 Å². The Kier molecular flexibility index (Phi) is 8.71. The quantitative estimate of drug-likeness (QED) is 0.417. The molecule has 0 unspecified atom stereocenters. The van der Waals surface area contributed by atoms with E-state index in [1.807, 2.05) is 19.0 Å². The van der Waals surface area contributed by atoms with Gasteiger partial charge in [0.15, 0.2) is 5.69 Å². The molecule has 1 aromatic carbocycles. The Balaban J connectivity index is 1.74. The lowest BCUT2D eigenvalue weighted by molar-refractivity contribution is -0.144. The number of aromatic hydroxyl groups is 1. The minimum atomic E-state index is -0.974. The topological polar surface area (TPSA) is 128 Å². The van der Waals surface area contributed by atoms with Crippen molar-refractivity contribution in [3.63, 3.8) is 0 Å². The summed E-state index contributed by atoms with van der Waals surface area (Å²) in [4.78, 5) is 62.0. The van der Waals surface area contributed by atoms with E-state index in [1.54, 1.807) is 25.1 Å². The predicted molar refractivity (Wildman–Crippen MR) is 157 cm³/mol. The molecule has 2 aromatic rings. The summed E-state index contributed by atoms with van der Waals surface area (Å²) in [6, 6.07) is 3.11. The molecule has 2 bridgehead atoms. The number of nitrogens with one attached hydrogen (secondary N) is 1. The molecule has 228 valence electrons. The van der Waals surface area contributed by atoms with E-state index in [0.29, 0.717) is 37.9 Å². The van der Waals surface area contributed by atoms with Crippen LogP contribution in [-0.2, 0) is 28.1 Å². The van der Waals surface area contributed by atoms with Crippen molar-refractivity contribution in [3.8, 4) is 5.75 Å². The molecule has 11 nitrogen and oxygen atoms in total. The third-order valence-corrected chi connectivity index (χ3v) is 8.81. The fraction of sp³-hybridized carbons (Fsp3) is 0.552. The Bertz CT molecular complexity index is 1480. The first kappa shape index (κ1) is 31.4. The van der Waals surface area contributed by atoms with Crippen molar-refractivity contribution >= 4 is 34.9 Å². The summed E-state index contributed by atoms with van der Waals surface area (Å²) in [7, 11) is 10.3. The van der Waals surface area contributed by atoms with Gasteiger partial charge in [0.2, 0.25) is 11.5 Å². The van der Waals surface area contributed by atoms with Crippen LogP contribution in [0.3, 0.4) is 0 Å². The fourth-order valence-corrected chi connectivity index (χ4v) is 6.67. The molecular formula is C29H38ClFN6O5. The zero-order valence-electron chi connectivity index (χ0n) is 24.9. The molecule has 2 aliphatic heterocycles. The van der Waals surface area contributed by atoms with Gasteiger partial charge in [0.1, 0.15) is 11.6 Å². The predicted octanol–water partition coefficient (Wildman–Crippen LogP) is 2.16. The van der Waals surface area contributed by atoms with Gasteiger partial charge in [-0.25, -0.2) is 9.37 Å². The molecule has 0 radical (unpaired) electrons. The van der Waals surface area contributed by atoms with Crippen LogP contribution >= 0.6 is 11.6 Å². The van der Waals surface area contributed by atoms with Crippen molar-refractivity contribution in [2.45, 2.75) is 50.6 Å². The number of fused-ring (bicyclic) bond motifs is 2. The normalized spacial score (nSPS) is 21.1. The zero-order chi connectivity index (χ0) is 31.1. The number of benzene rings is 1. The SMILES string of the molecule is CN(C)CC12CCC(CC(=O)C(=O)N(C)C)(CC1)c1nc(C(=O)NCc3ccc(N(C)C)c(Cl)c3F)c(O)c(=O)n1C2. The molecule has 0 spiro atoms. The number of nitrogens with zero attached hydrogens (tertiary/aromatic N) is 5. The Labute approximate surface area is 249 Å². The van der Waals surface area contributed by atoms with Gasteiger partial charge in [-0.2, -0.15) is 0 Å². The molecule has 0 atom stereocenters. The van der Waals surface area contributed by atoms with Crippen LogP contribution in [0.25, 0.3) is 0 Å². The number of halogens is 2. The van der Waals surface area contributed by atoms with Gasteiger partial charge < -0.3 is 25.1 Å². The monoisotopic (exact) mass is 604 g/mol. The molecule has 1 aliphatic carbocycles. The Hall–Kier alpha value is -3.51. The number of carbonyl (C=O) groups excluding carboxylic acids is 3. The number of amides is 2. The molecule has 2 amide bonds. The van der Waals surface area contributed by atoms with E-state index in [2.05, 4.69) is 10.3 Å². The maximum absolute atomic E-state index is 14.9. The van der Waals surface area contributed by atoms with Crippen LogP contribution in [0.2, 0.25) is 5.02 Å². The second kappa shape index (κ2) is 11.6. The van der Waals surface area contributed by atoms with Gasteiger partial charge in [-0.05, 0) is 45.8 Å². The molecule has 1 fully saturated rings. The number of likely N-dealkylation sites (N-methyl/N-ethyl adjacent to an activating group) is 1. The minimum Gasteiger partial charge on any atom is -0.501 e. The number of Topliss-reactive ketones (excluding diaryl/α,β-unsaturated/α-hetero) is 1. The largest absolute Gasteiger partial charge is 0.501 e. The minimum absolute atomic E-state index is 0.0997. The zero-order valence-corrected chi connectivity index (χ0v) is 25.6. The molecular weight excluding hydrogens is 567 g/mol. The molecule has 1 aromatic heterocycles. The second-order valence-electron chi connectivity index (χ2n) is 12.3. The molecule has 42 heavy (non-hydrogen) atoms. The number of hydrogen-bond donors (Lipinski definition) is 2. The lowest BCUT2D eigenvalue weighted by atomic mass is 9.62. The average molecular weight is 605 g/mol. The summed E-state index contributed by atoms with van der Waals surface area (Å²) >= 11 is 6.16. The van der Waals surface area contributed by atoms with Crippen LogP contribution in [0.5, 0.6) is 5.75 Å². The Morgan fingerprint density at radius 3 is 2.31 bits per heavy atom. The van der Waals surface area contributed by atoms with Crippen molar-refractivity contribution in [2.75, 3.05) is 53.7 Å². The van der Waals surface area contributed by atoms with Crippen LogP contribution in [0, 0.1) is 11.2 Å². The number of carbonyl (C=O) groups is 3. The summed E-state index contributed by atoms with van der Waals surface area (Å²) in [6.07, 6.45) is 2.12. The highest BCUT2D eigenvalue weighted by Crippen LogP contribution is 2.52. The summed E-state index contributed by atoms with van der Waals surface area (Å²) < 4.78 is 16.3. The van der Waals surface area contributed by atoms with Gasteiger partial charge in [-0.1, -0.05) is 17.7 Å². The van der Waals surface area contributed by atoms with E-state index in [4.69, 9.17) is 11.6 Å². The maximum Gasteiger partial charge on any atom is 0.296 e. The third kappa shape index (κ3) is 5.74. The fourth-order valence-electron chi connectivity index (χ4n) is 6.32. The first-order valence-corrected chi connectivity index (χ1v) is 14.1. The number of anilines is 1. The van der Waals surface area contributed by atoms with Crippen molar-refractivity contribution in [1.82, 2.24) is 24.7 Å². The smallest absolute Gasteiger partial charge is 0.296 e. The van der Waals surface area contributed by atoms with Crippen molar-refractivity contribution in [1.29, 1.82) is 0 Å². The molecule has 2 N–H and O–H groups in total. The van der Waals surface area contributed by atoms with Crippen LogP contribution in [0.1, 0.15) is 54.0 Å². The molecule has 13 heteroatoms. The van der Waals surface area contributed by atoms with Crippen LogP contribution < -0.4 is 15.8 Å². The van der Waals surface area contributed by atoms with Gasteiger partial charge in [0.25, 0.3) is 17.4 Å². The first-order valence-electron chi connectivity index (χ1n) is 13.8. The van der Waals surface area contributed by atoms with Gasteiger partial charge in [0, 0.05) is 70.6 Å². The molecule has 3 aliphatic rings. The lowest BCUT2D eigenvalue weighted by Crippen LogP contribution is -2.43. The number of hydrogen-bond acceptors (Lipinski definition) is 8. The lowest BCUT2D eigenvalue weighted by Gasteiger charge is -2.42. The second-order valence-corrected chi connectivity index (χ2v) is 12.7. The van der Waals surface area contributed by atoms with Crippen LogP contribution in [-0.4, -0.2) is 90.9 Å². The average Bonchev–Trinajstić information content (AvgIpc) is 3.13. The maximum atomic E-state index is 14.9. The third-order valence-electron chi connectivity index (χ3n) is 8.45. The van der Waals surface area contributed by atoms with Gasteiger partial charge >= 0.3 is 0 Å². The molecule has 1 saturated carbocycles. The standard InChI is InChI=1S/C29H38ClFN6O5/c1-34(2)15-28-9-11-29(12-10-28,13-19(38)25(41)36(5)6)27-33-22(23(39)26(42)37(27)16-28)24(40)32-14-17-7-8-18(35(3)4)20(30)21(17)31/h7-8,39H,9-16H2,1-6H3,(H,32,40). The number of aromatic nitrogens is 2. The number of rotatable bonds is 9. The van der Waals surface area contributed by atoms with Gasteiger partial charge in [0.05, 0.1) is 10.7 Å². The highest BCUT2D eigenvalue weighted by molar-refractivity contribution is 6.36. The van der Waals surface area contributed by atoms with Crippen LogP contribution in [0.4, 0.5) is 10.1 Å². The number of ketones is 1. The van der Waals surface area contributed by atoms with Gasteiger partial charge in [-0.15, -0.1) is 0 Å². The van der Waals surface area contributed by atoms with Crippen molar-refractivity contribution < 1.29 is 23.9 Å². The van der Waals surface area contributed by atoms with Crippen molar-refractivity contribution in [2.24, 2.45) is 5.41 Å². The Morgan fingerprint density at radius 2 is 1.74 bits per heavy atom. The van der Waals surface area contributed by atoms with E-state index < -0.39 is 45.8 Å². The van der Waals surface area contributed by atoms with E-state index in [0.717, 1.165) is 0 Å². The van der Waals surface area contributed by atoms with E-state index in [-0.39, 0.29) is 41.3 Å². The Morgan fingerprint density at radius 1 is 1.10 bits per heavy atom. The first-order chi connectivity index (χ1) is 19.6. The highest BCUT2D eigenvalue weighted by atomic mass is 35.5.